The van der Waals surface area contributed by atoms with E-state index in [1.54, 1.807) is 6.20 Å². The van der Waals surface area contributed by atoms with Gasteiger partial charge in [0.1, 0.15) is 0 Å². The van der Waals surface area contributed by atoms with Crippen LogP contribution in [0, 0.1) is 11.8 Å². The van der Waals surface area contributed by atoms with Crippen molar-refractivity contribution in [2.75, 3.05) is 25.0 Å². The number of benzene rings is 1. The molecule has 7 heteroatoms. The lowest BCUT2D eigenvalue weighted by molar-refractivity contribution is 0.0967. The van der Waals surface area contributed by atoms with E-state index in [-0.39, 0.29) is 11.7 Å². The third-order valence-electron chi connectivity index (χ3n) is 5.50. The normalized spacial score (nSPS) is 17.9. The Morgan fingerprint density at radius 1 is 1.22 bits per heavy atom. The second kappa shape index (κ2) is 7.46. The number of hydrogen-bond acceptors (Lipinski definition) is 4. The van der Waals surface area contributed by atoms with E-state index in [2.05, 4.69) is 26.2 Å². The van der Waals surface area contributed by atoms with Crippen molar-refractivity contribution in [3.05, 3.63) is 34.4 Å². The highest BCUT2D eigenvalue weighted by molar-refractivity contribution is 9.10. The highest BCUT2D eigenvalue weighted by atomic mass is 79.9. The summed E-state index contributed by atoms with van der Waals surface area (Å²) in [5.41, 5.74) is 2.39. The Labute approximate surface area is 166 Å². The standard InChI is InChI=1S/C20H22BrN3O3/c21-14-3-4-17-15(9-14)18(16(11-22-17)19(25)13-1-2-13)23-10-12-5-7-24(8-6-12)20(26)27/h3-4,9,11-13H,1-2,5-8,10H2,(H,22,23)(H,26,27). The van der Waals surface area contributed by atoms with E-state index in [1.165, 1.54) is 4.90 Å². The van der Waals surface area contributed by atoms with Crippen molar-refractivity contribution < 1.29 is 14.7 Å². The van der Waals surface area contributed by atoms with Crippen LogP contribution in [0.3, 0.4) is 0 Å². The van der Waals surface area contributed by atoms with E-state index in [1.807, 2.05) is 18.2 Å². The predicted octanol–water partition coefficient (Wildman–Crippen LogP) is 4.39. The Bertz CT molecular complexity index is 889. The number of nitrogens with one attached hydrogen (secondary N) is 1. The number of hydrogen-bond donors (Lipinski definition) is 2. The maximum absolute atomic E-state index is 12.8. The Balaban J connectivity index is 1.57. The Kier molecular flexibility index (Phi) is 5.04. The van der Waals surface area contributed by atoms with Gasteiger partial charge in [-0.05, 0) is 49.8 Å². The van der Waals surface area contributed by atoms with Gasteiger partial charge in [-0.3, -0.25) is 9.78 Å². The number of piperidine rings is 1. The van der Waals surface area contributed by atoms with Gasteiger partial charge in [-0.15, -0.1) is 0 Å². The van der Waals surface area contributed by atoms with E-state index in [4.69, 9.17) is 5.11 Å². The molecular weight excluding hydrogens is 410 g/mol. The number of pyridine rings is 1. The SMILES string of the molecule is O=C(c1cnc2ccc(Br)cc2c1NCC1CCN(C(=O)O)CC1)C1CC1. The molecule has 1 saturated carbocycles. The molecule has 2 aromatic rings. The molecule has 2 N–H and O–H groups in total. The minimum absolute atomic E-state index is 0.135. The van der Waals surface area contributed by atoms with Gasteiger partial charge in [-0.1, -0.05) is 15.9 Å². The molecular formula is C20H22BrN3O3. The third kappa shape index (κ3) is 3.93. The summed E-state index contributed by atoms with van der Waals surface area (Å²) in [5, 5.41) is 13.6. The largest absolute Gasteiger partial charge is 0.465 e. The average Bonchev–Trinajstić information content (AvgIpc) is 3.51. The smallest absolute Gasteiger partial charge is 0.407 e. The Morgan fingerprint density at radius 3 is 2.63 bits per heavy atom. The molecule has 27 heavy (non-hydrogen) atoms. The fraction of sp³-hybridized carbons (Fsp3) is 0.450. The van der Waals surface area contributed by atoms with Gasteiger partial charge in [0.15, 0.2) is 5.78 Å². The zero-order chi connectivity index (χ0) is 19.0. The molecule has 0 spiro atoms. The first-order chi connectivity index (χ1) is 13.0. The number of aromatic nitrogens is 1. The van der Waals surface area contributed by atoms with Gasteiger partial charge in [0.25, 0.3) is 0 Å². The molecule has 1 aromatic carbocycles. The lowest BCUT2D eigenvalue weighted by Crippen LogP contribution is -2.39. The van der Waals surface area contributed by atoms with Gasteiger partial charge in [0.05, 0.1) is 16.8 Å². The second-order valence-electron chi connectivity index (χ2n) is 7.44. The van der Waals surface area contributed by atoms with Crippen LogP contribution >= 0.6 is 15.9 Å². The summed E-state index contributed by atoms with van der Waals surface area (Å²) >= 11 is 3.52. The van der Waals surface area contributed by atoms with Gasteiger partial charge in [-0.2, -0.15) is 0 Å². The van der Waals surface area contributed by atoms with E-state index in [0.29, 0.717) is 24.6 Å². The van der Waals surface area contributed by atoms with Crippen LogP contribution in [0.25, 0.3) is 10.9 Å². The van der Waals surface area contributed by atoms with E-state index in [0.717, 1.165) is 53.3 Å². The molecule has 1 amide bonds. The third-order valence-corrected chi connectivity index (χ3v) is 5.99. The molecule has 142 valence electrons. The number of anilines is 1. The van der Waals surface area contributed by atoms with Crippen molar-refractivity contribution in [3.8, 4) is 0 Å². The van der Waals surface area contributed by atoms with E-state index >= 15 is 0 Å². The molecule has 0 radical (unpaired) electrons. The summed E-state index contributed by atoms with van der Waals surface area (Å²) < 4.78 is 0.950. The number of Topliss-reactive ketones (excluding diaryl/α,β-unsaturated/α-hetero) is 1. The number of ketones is 1. The number of amides is 1. The van der Waals surface area contributed by atoms with E-state index < -0.39 is 6.09 Å². The topological polar surface area (TPSA) is 82.5 Å². The van der Waals surface area contributed by atoms with Gasteiger partial charge < -0.3 is 15.3 Å². The van der Waals surface area contributed by atoms with Crippen LogP contribution in [0.4, 0.5) is 10.5 Å². The Morgan fingerprint density at radius 2 is 1.96 bits per heavy atom. The molecule has 2 heterocycles. The van der Waals surface area contributed by atoms with Crippen LogP contribution < -0.4 is 5.32 Å². The van der Waals surface area contributed by atoms with Crippen LogP contribution in [-0.4, -0.2) is 46.5 Å². The number of likely N-dealkylation sites (tertiary alicyclic amines) is 1. The summed E-state index contributed by atoms with van der Waals surface area (Å²) in [6.45, 7) is 1.86. The maximum atomic E-state index is 12.8. The molecule has 0 atom stereocenters. The number of rotatable bonds is 5. The molecule has 1 saturated heterocycles. The molecule has 6 nitrogen and oxygen atoms in total. The van der Waals surface area contributed by atoms with Crippen molar-refractivity contribution in [2.45, 2.75) is 25.7 Å². The summed E-state index contributed by atoms with van der Waals surface area (Å²) in [7, 11) is 0. The van der Waals surface area contributed by atoms with Crippen LogP contribution in [0.1, 0.15) is 36.0 Å². The second-order valence-corrected chi connectivity index (χ2v) is 8.36. The monoisotopic (exact) mass is 431 g/mol. The first-order valence-electron chi connectivity index (χ1n) is 9.37. The highest BCUT2D eigenvalue weighted by Gasteiger charge is 2.32. The first-order valence-corrected chi connectivity index (χ1v) is 10.2. The molecule has 2 aliphatic rings. The number of carbonyl (C=O) groups is 2. The number of carboxylic acid groups (broad SMARTS) is 1. The fourth-order valence-corrected chi connectivity index (χ4v) is 4.04. The molecule has 2 fully saturated rings. The van der Waals surface area contributed by atoms with Crippen LogP contribution in [-0.2, 0) is 0 Å². The van der Waals surface area contributed by atoms with Crippen LogP contribution in [0.2, 0.25) is 0 Å². The average molecular weight is 432 g/mol. The quantitative estimate of drug-likeness (QED) is 0.685. The lowest BCUT2D eigenvalue weighted by Gasteiger charge is -2.30. The molecule has 1 aliphatic carbocycles. The lowest BCUT2D eigenvalue weighted by atomic mass is 9.96. The van der Waals surface area contributed by atoms with Gasteiger partial charge >= 0.3 is 6.09 Å². The zero-order valence-corrected chi connectivity index (χ0v) is 16.5. The molecule has 1 aromatic heterocycles. The van der Waals surface area contributed by atoms with Gasteiger partial charge in [0, 0.05) is 41.6 Å². The van der Waals surface area contributed by atoms with E-state index in [9.17, 15) is 9.59 Å². The number of carbonyl (C=O) groups excluding carboxylic acids is 1. The molecule has 0 bridgehead atoms. The summed E-state index contributed by atoms with van der Waals surface area (Å²) in [6, 6.07) is 5.89. The zero-order valence-electron chi connectivity index (χ0n) is 14.9. The summed E-state index contributed by atoms with van der Waals surface area (Å²) in [6.07, 6.45) is 4.44. The summed E-state index contributed by atoms with van der Waals surface area (Å²) in [5.74, 6) is 0.697. The summed E-state index contributed by atoms with van der Waals surface area (Å²) in [4.78, 5) is 29.8. The van der Waals surface area contributed by atoms with Crippen molar-refractivity contribution >= 4 is 44.4 Å². The fourth-order valence-electron chi connectivity index (χ4n) is 3.68. The van der Waals surface area contributed by atoms with Crippen LogP contribution in [0.15, 0.2) is 28.9 Å². The minimum Gasteiger partial charge on any atom is -0.465 e. The van der Waals surface area contributed by atoms with Crippen molar-refractivity contribution in [1.82, 2.24) is 9.88 Å². The minimum atomic E-state index is -0.844. The van der Waals surface area contributed by atoms with Crippen LogP contribution in [0.5, 0.6) is 0 Å². The molecule has 4 rings (SSSR count). The molecule has 1 aliphatic heterocycles. The van der Waals surface area contributed by atoms with Gasteiger partial charge in [-0.25, -0.2) is 4.79 Å². The predicted molar refractivity (Wildman–Crippen MR) is 107 cm³/mol. The number of halogens is 1. The maximum Gasteiger partial charge on any atom is 0.407 e. The highest BCUT2D eigenvalue weighted by Crippen LogP contribution is 2.37. The number of fused-ring (bicyclic) bond motifs is 1. The van der Waals surface area contributed by atoms with Crippen molar-refractivity contribution in [1.29, 1.82) is 0 Å². The number of nitrogens with zero attached hydrogens (tertiary/aromatic N) is 2. The Hall–Kier alpha value is -2.15. The molecule has 0 unspecified atom stereocenters. The van der Waals surface area contributed by atoms with Crippen molar-refractivity contribution in [2.24, 2.45) is 11.8 Å². The van der Waals surface area contributed by atoms with Crippen molar-refractivity contribution in [3.63, 3.8) is 0 Å². The van der Waals surface area contributed by atoms with Gasteiger partial charge in [0.2, 0.25) is 0 Å². The first kappa shape index (κ1) is 18.2.